The number of nitrogens with one attached hydrogen (secondary N) is 1. The predicted octanol–water partition coefficient (Wildman–Crippen LogP) is 3.81. The number of thiophene rings is 1. The average molecular weight is 332 g/mol. The zero-order valence-corrected chi connectivity index (χ0v) is 14.8. The van der Waals surface area contributed by atoms with Crippen molar-refractivity contribution in [1.29, 1.82) is 0 Å². The van der Waals surface area contributed by atoms with Crippen LogP contribution in [-0.4, -0.2) is 23.5 Å². The van der Waals surface area contributed by atoms with Crippen molar-refractivity contribution in [3.8, 4) is 0 Å². The smallest absolute Gasteiger partial charge is 0.329 e. The third-order valence-electron chi connectivity index (χ3n) is 2.72. The van der Waals surface area contributed by atoms with Gasteiger partial charge in [-0.2, -0.15) is 0 Å². The fraction of sp³-hybridized carbons (Fsp3) is 0.600. The van der Waals surface area contributed by atoms with Gasteiger partial charge in [0.25, 0.3) is 5.91 Å². The number of carbonyl (C=O) groups is 2. The molecular formula is C15H22ClNO3S. The summed E-state index contributed by atoms with van der Waals surface area (Å²) in [6.07, 6.45) is 0. The molecule has 1 heterocycles. The minimum absolute atomic E-state index is 0.0800. The standard InChI is InChI=1S/C15H22ClNO3S/c1-8(2)11(14(19)20-15(4,5)6)17-13(18)12-10(16)9(3)7-21-12/h7-8,11H,1-6H3,(H,17,18)/t11-/m0/s1. The quantitative estimate of drug-likeness (QED) is 0.854. The molecule has 1 aromatic heterocycles. The highest BCUT2D eigenvalue weighted by atomic mass is 35.5. The normalized spacial score (nSPS) is 13.1. The van der Waals surface area contributed by atoms with E-state index in [1.54, 1.807) is 20.8 Å². The van der Waals surface area contributed by atoms with E-state index in [-0.39, 0.29) is 11.8 Å². The van der Waals surface area contributed by atoms with Crippen molar-refractivity contribution in [1.82, 2.24) is 5.32 Å². The van der Waals surface area contributed by atoms with Crippen LogP contribution in [-0.2, 0) is 9.53 Å². The van der Waals surface area contributed by atoms with E-state index in [1.165, 1.54) is 11.3 Å². The summed E-state index contributed by atoms with van der Waals surface area (Å²) in [7, 11) is 0. The van der Waals surface area contributed by atoms with Gasteiger partial charge in [-0.15, -0.1) is 11.3 Å². The van der Waals surface area contributed by atoms with Gasteiger partial charge in [-0.1, -0.05) is 25.4 Å². The highest BCUT2D eigenvalue weighted by Gasteiger charge is 2.30. The Labute approximate surface area is 134 Å². The number of carbonyl (C=O) groups excluding carboxylic acids is 2. The number of halogens is 1. The molecule has 6 heteroatoms. The predicted molar refractivity (Wildman–Crippen MR) is 86.0 cm³/mol. The Morgan fingerprint density at radius 3 is 2.29 bits per heavy atom. The van der Waals surface area contributed by atoms with Crippen molar-refractivity contribution < 1.29 is 14.3 Å². The van der Waals surface area contributed by atoms with Crippen molar-refractivity contribution >= 4 is 34.8 Å². The first-order valence-electron chi connectivity index (χ1n) is 6.80. The first-order chi connectivity index (χ1) is 9.53. The Hall–Kier alpha value is -1.07. The number of ether oxygens (including phenoxy) is 1. The molecule has 4 nitrogen and oxygen atoms in total. The van der Waals surface area contributed by atoms with Crippen molar-refractivity contribution in [2.75, 3.05) is 0 Å². The molecule has 1 rings (SSSR count). The highest BCUT2D eigenvalue weighted by molar-refractivity contribution is 7.13. The monoisotopic (exact) mass is 331 g/mol. The van der Waals surface area contributed by atoms with Gasteiger partial charge in [-0.3, -0.25) is 4.79 Å². The largest absolute Gasteiger partial charge is 0.458 e. The summed E-state index contributed by atoms with van der Waals surface area (Å²) in [6, 6.07) is -0.699. The van der Waals surface area contributed by atoms with E-state index in [9.17, 15) is 9.59 Å². The van der Waals surface area contributed by atoms with E-state index in [2.05, 4.69) is 5.32 Å². The van der Waals surface area contributed by atoms with Crippen LogP contribution in [0.4, 0.5) is 0 Å². The van der Waals surface area contributed by atoms with Crippen molar-refractivity contribution in [2.45, 2.75) is 53.2 Å². The Bertz CT molecular complexity index is 532. The summed E-state index contributed by atoms with van der Waals surface area (Å²) in [5, 5.41) is 4.97. The fourth-order valence-electron chi connectivity index (χ4n) is 1.65. The van der Waals surface area contributed by atoms with Gasteiger partial charge in [-0.05, 0) is 44.6 Å². The van der Waals surface area contributed by atoms with Gasteiger partial charge < -0.3 is 10.1 Å². The molecule has 1 atom stereocenters. The number of amides is 1. The maximum atomic E-state index is 12.3. The lowest BCUT2D eigenvalue weighted by Gasteiger charge is -2.26. The summed E-state index contributed by atoms with van der Waals surface area (Å²) in [5.74, 6) is -0.860. The number of hydrogen-bond acceptors (Lipinski definition) is 4. The Kier molecular flexibility index (Phi) is 5.82. The minimum atomic E-state index is -0.699. The van der Waals surface area contributed by atoms with Crippen LogP contribution in [0.5, 0.6) is 0 Å². The Morgan fingerprint density at radius 2 is 1.90 bits per heavy atom. The molecule has 0 aliphatic carbocycles. The highest BCUT2D eigenvalue weighted by Crippen LogP contribution is 2.27. The van der Waals surface area contributed by atoms with Crippen LogP contribution in [0.2, 0.25) is 5.02 Å². The van der Waals surface area contributed by atoms with Gasteiger partial charge in [0, 0.05) is 0 Å². The molecule has 0 saturated carbocycles. The first kappa shape index (κ1) is 18.0. The molecule has 0 fully saturated rings. The van der Waals surface area contributed by atoms with Gasteiger partial charge in [-0.25, -0.2) is 4.79 Å². The molecule has 0 spiro atoms. The lowest BCUT2D eigenvalue weighted by molar-refractivity contribution is -0.158. The topological polar surface area (TPSA) is 55.4 Å². The van der Waals surface area contributed by atoms with E-state index in [0.717, 1.165) is 5.56 Å². The molecule has 0 bridgehead atoms. The zero-order valence-electron chi connectivity index (χ0n) is 13.2. The summed E-state index contributed by atoms with van der Waals surface area (Å²) < 4.78 is 5.35. The molecule has 1 aromatic rings. The third kappa shape index (κ3) is 5.00. The molecule has 21 heavy (non-hydrogen) atoms. The third-order valence-corrected chi connectivity index (χ3v) is 4.42. The molecule has 0 unspecified atom stereocenters. The second kappa shape index (κ2) is 6.79. The maximum Gasteiger partial charge on any atom is 0.329 e. The molecule has 118 valence electrons. The number of rotatable bonds is 4. The summed E-state index contributed by atoms with van der Waals surface area (Å²) in [6.45, 7) is 10.9. The van der Waals surface area contributed by atoms with Crippen LogP contribution < -0.4 is 5.32 Å². The van der Waals surface area contributed by atoms with Crippen molar-refractivity contribution in [3.63, 3.8) is 0 Å². The maximum absolute atomic E-state index is 12.3. The van der Waals surface area contributed by atoms with Gasteiger partial charge in [0.2, 0.25) is 0 Å². The molecule has 0 aromatic carbocycles. The average Bonchev–Trinajstić information content (AvgIpc) is 2.64. The molecule has 0 saturated heterocycles. The van der Waals surface area contributed by atoms with Crippen LogP contribution in [0, 0.1) is 12.8 Å². The van der Waals surface area contributed by atoms with E-state index in [0.29, 0.717) is 9.90 Å². The van der Waals surface area contributed by atoms with Crippen LogP contribution in [0.15, 0.2) is 5.38 Å². The van der Waals surface area contributed by atoms with E-state index in [4.69, 9.17) is 16.3 Å². The van der Waals surface area contributed by atoms with Gasteiger partial charge in [0.15, 0.2) is 0 Å². The number of hydrogen-bond donors (Lipinski definition) is 1. The summed E-state index contributed by atoms with van der Waals surface area (Å²) in [5.41, 5.74) is 0.261. The van der Waals surface area contributed by atoms with Gasteiger partial charge in [0.05, 0.1) is 5.02 Å². The van der Waals surface area contributed by atoms with Gasteiger partial charge in [0.1, 0.15) is 16.5 Å². The van der Waals surface area contributed by atoms with Crippen LogP contribution in [0.3, 0.4) is 0 Å². The zero-order chi connectivity index (χ0) is 16.4. The first-order valence-corrected chi connectivity index (χ1v) is 8.06. The van der Waals surface area contributed by atoms with Crippen LogP contribution in [0.25, 0.3) is 0 Å². The van der Waals surface area contributed by atoms with E-state index < -0.39 is 17.6 Å². The number of aryl methyl sites for hydroxylation is 1. The van der Waals surface area contributed by atoms with E-state index >= 15 is 0 Å². The molecule has 0 radical (unpaired) electrons. The Morgan fingerprint density at radius 1 is 1.33 bits per heavy atom. The van der Waals surface area contributed by atoms with Crippen LogP contribution in [0.1, 0.15) is 49.9 Å². The lowest BCUT2D eigenvalue weighted by atomic mass is 10.0. The molecule has 0 aliphatic rings. The second-order valence-electron chi connectivity index (χ2n) is 6.29. The summed E-state index contributed by atoms with van der Waals surface area (Å²) >= 11 is 7.35. The lowest BCUT2D eigenvalue weighted by Crippen LogP contribution is -2.47. The van der Waals surface area contributed by atoms with Crippen LogP contribution >= 0.6 is 22.9 Å². The molecular weight excluding hydrogens is 310 g/mol. The molecule has 1 amide bonds. The molecule has 0 aliphatic heterocycles. The molecule has 1 N–H and O–H groups in total. The van der Waals surface area contributed by atoms with Gasteiger partial charge >= 0.3 is 5.97 Å². The number of esters is 1. The Balaban J connectivity index is 2.86. The summed E-state index contributed by atoms with van der Waals surface area (Å²) in [4.78, 5) is 24.9. The van der Waals surface area contributed by atoms with Crippen molar-refractivity contribution in [2.24, 2.45) is 5.92 Å². The second-order valence-corrected chi connectivity index (χ2v) is 7.55. The minimum Gasteiger partial charge on any atom is -0.458 e. The van der Waals surface area contributed by atoms with Crippen molar-refractivity contribution in [3.05, 3.63) is 20.8 Å². The fourth-order valence-corrected chi connectivity index (χ4v) is 2.83. The van der Waals surface area contributed by atoms with E-state index in [1.807, 2.05) is 26.2 Å². The SMILES string of the molecule is Cc1csc(C(=O)N[C@H](C(=O)OC(C)(C)C)C(C)C)c1Cl.